The Morgan fingerprint density at radius 3 is 2.68 bits per heavy atom. The van der Waals surface area contributed by atoms with Crippen molar-refractivity contribution >= 4 is 40.6 Å². The molecule has 0 atom stereocenters. The third-order valence-electron chi connectivity index (χ3n) is 2.09. The van der Waals surface area contributed by atoms with Crippen LogP contribution in [0.25, 0.3) is 6.08 Å². The number of nitrogens with zero attached hydrogens (tertiary/aromatic N) is 1. The van der Waals surface area contributed by atoms with E-state index in [2.05, 4.69) is 22.6 Å². The average Bonchev–Trinajstić information content (AvgIpc) is 2.35. The summed E-state index contributed by atoms with van der Waals surface area (Å²) in [7, 11) is 1.55. The van der Waals surface area contributed by atoms with Crippen LogP contribution >= 0.6 is 22.6 Å². The molecule has 3 N–H and O–H groups in total. The Morgan fingerprint density at radius 2 is 2.21 bits per heavy atom. The third-order valence-corrected chi connectivity index (χ3v) is 2.93. The van der Waals surface area contributed by atoms with Gasteiger partial charge in [0.05, 0.1) is 10.7 Å². The Hall–Kier alpha value is -2.08. The number of halogens is 1. The number of hydrogen-bond acceptors (Lipinski definition) is 4. The van der Waals surface area contributed by atoms with Gasteiger partial charge in [-0.25, -0.2) is 4.79 Å². The number of methoxy groups -OCH3 is 1. The van der Waals surface area contributed by atoms with E-state index in [1.807, 2.05) is 5.32 Å². The van der Waals surface area contributed by atoms with Gasteiger partial charge in [-0.3, -0.25) is 10.1 Å². The van der Waals surface area contributed by atoms with Gasteiger partial charge in [-0.05, 0) is 46.4 Å². The highest BCUT2D eigenvalue weighted by Gasteiger charge is 2.11. The predicted octanol–water partition coefficient (Wildman–Crippen LogP) is 1.40. The Labute approximate surface area is 123 Å². The molecule has 0 aliphatic heterocycles. The summed E-state index contributed by atoms with van der Waals surface area (Å²) in [5, 5.41) is 10.7. The quantitative estimate of drug-likeness (QED) is 0.476. The lowest BCUT2D eigenvalue weighted by Gasteiger charge is -2.04. The van der Waals surface area contributed by atoms with Crippen molar-refractivity contribution < 1.29 is 14.3 Å². The second kappa shape index (κ2) is 6.75. The van der Waals surface area contributed by atoms with Crippen molar-refractivity contribution in [1.29, 1.82) is 5.26 Å². The minimum absolute atomic E-state index is 0.209. The van der Waals surface area contributed by atoms with Crippen LogP contribution in [0.1, 0.15) is 5.56 Å². The molecule has 0 radical (unpaired) electrons. The molecule has 3 amide bonds. The van der Waals surface area contributed by atoms with Crippen LogP contribution in [0.3, 0.4) is 0 Å². The number of hydrogen-bond donors (Lipinski definition) is 2. The third kappa shape index (κ3) is 4.26. The number of imide groups is 1. The van der Waals surface area contributed by atoms with Gasteiger partial charge in [0.1, 0.15) is 17.4 Å². The van der Waals surface area contributed by atoms with E-state index in [1.54, 1.807) is 31.4 Å². The highest BCUT2D eigenvalue weighted by molar-refractivity contribution is 14.1. The lowest BCUT2D eigenvalue weighted by atomic mass is 10.1. The zero-order valence-corrected chi connectivity index (χ0v) is 12.1. The number of ether oxygens (including phenoxy) is 1. The second-order valence-corrected chi connectivity index (χ2v) is 4.54. The van der Waals surface area contributed by atoms with Crippen molar-refractivity contribution in [3.63, 3.8) is 0 Å². The second-order valence-electron chi connectivity index (χ2n) is 3.38. The van der Waals surface area contributed by atoms with Crippen LogP contribution in [-0.4, -0.2) is 19.0 Å². The van der Waals surface area contributed by atoms with Gasteiger partial charge in [-0.2, -0.15) is 5.26 Å². The summed E-state index contributed by atoms with van der Waals surface area (Å²) in [6.45, 7) is 0. The molecule has 19 heavy (non-hydrogen) atoms. The largest absolute Gasteiger partial charge is 0.496 e. The number of carbonyl (C=O) groups is 2. The number of primary amides is 1. The van der Waals surface area contributed by atoms with Gasteiger partial charge in [-0.1, -0.05) is 6.07 Å². The summed E-state index contributed by atoms with van der Waals surface area (Å²) >= 11 is 2.07. The van der Waals surface area contributed by atoms with Gasteiger partial charge in [0.2, 0.25) is 0 Å². The first-order chi connectivity index (χ1) is 8.97. The fourth-order valence-electron chi connectivity index (χ4n) is 1.27. The van der Waals surface area contributed by atoms with Crippen LogP contribution in [0.2, 0.25) is 0 Å². The molecule has 1 aromatic carbocycles. The van der Waals surface area contributed by atoms with Crippen LogP contribution in [0, 0.1) is 14.9 Å². The zero-order valence-electron chi connectivity index (χ0n) is 9.94. The summed E-state index contributed by atoms with van der Waals surface area (Å²) < 4.78 is 5.93. The number of carbonyl (C=O) groups excluding carboxylic acids is 2. The summed E-state index contributed by atoms with van der Waals surface area (Å²) in [5.41, 5.74) is 5.25. The summed E-state index contributed by atoms with van der Waals surface area (Å²) in [6.07, 6.45) is 1.36. The maximum absolute atomic E-state index is 11.5. The maximum Gasteiger partial charge on any atom is 0.319 e. The average molecular weight is 371 g/mol. The summed E-state index contributed by atoms with van der Waals surface area (Å²) in [6, 6.07) is 5.86. The molecule has 0 aromatic heterocycles. The van der Waals surface area contributed by atoms with E-state index in [0.717, 1.165) is 3.57 Å². The van der Waals surface area contributed by atoms with Crippen LogP contribution in [0.4, 0.5) is 4.79 Å². The molecule has 7 heteroatoms. The van der Waals surface area contributed by atoms with Gasteiger partial charge >= 0.3 is 6.03 Å². The SMILES string of the molecule is COc1ccc(/C=C(/C#N)C(=O)NC(N)=O)cc1I. The number of nitriles is 1. The number of amides is 3. The first-order valence-corrected chi connectivity index (χ1v) is 6.12. The van der Waals surface area contributed by atoms with E-state index < -0.39 is 11.9 Å². The minimum Gasteiger partial charge on any atom is -0.496 e. The van der Waals surface area contributed by atoms with Crippen LogP contribution in [0.5, 0.6) is 5.75 Å². The molecule has 0 saturated heterocycles. The van der Waals surface area contributed by atoms with E-state index in [1.165, 1.54) is 6.08 Å². The normalized spacial score (nSPS) is 10.5. The first-order valence-electron chi connectivity index (χ1n) is 5.04. The van der Waals surface area contributed by atoms with Crippen molar-refractivity contribution in [2.75, 3.05) is 7.11 Å². The predicted molar refractivity (Wildman–Crippen MR) is 77.0 cm³/mol. The fourth-order valence-corrected chi connectivity index (χ4v) is 2.03. The molecule has 6 nitrogen and oxygen atoms in total. The maximum atomic E-state index is 11.5. The smallest absolute Gasteiger partial charge is 0.319 e. The van der Waals surface area contributed by atoms with E-state index >= 15 is 0 Å². The molecular formula is C12H10IN3O3. The molecule has 0 heterocycles. The topological polar surface area (TPSA) is 105 Å². The molecule has 0 bridgehead atoms. The number of benzene rings is 1. The monoisotopic (exact) mass is 371 g/mol. The molecule has 0 saturated carbocycles. The van der Waals surface area contributed by atoms with Crippen LogP contribution < -0.4 is 15.8 Å². The van der Waals surface area contributed by atoms with Gasteiger partial charge in [0.25, 0.3) is 5.91 Å². The lowest BCUT2D eigenvalue weighted by molar-refractivity contribution is -0.115. The molecule has 0 aliphatic rings. The van der Waals surface area contributed by atoms with Gasteiger partial charge < -0.3 is 10.5 Å². The molecule has 0 aliphatic carbocycles. The Bertz CT molecular complexity index is 590. The molecule has 0 spiro atoms. The van der Waals surface area contributed by atoms with Crippen LogP contribution in [0.15, 0.2) is 23.8 Å². The molecule has 98 valence electrons. The van der Waals surface area contributed by atoms with Crippen molar-refractivity contribution in [1.82, 2.24) is 5.32 Å². The Morgan fingerprint density at radius 1 is 1.53 bits per heavy atom. The van der Waals surface area contributed by atoms with E-state index in [-0.39, 0.29) is 5.57 Å². The van der Waals surface area contributed by atoms with Gasteiger partial charge in [0.15, 0.2) is 0 Å². The molecule has 0 unspecified atom stereocenters. The lowest BCUT2D eigenvalue weighted by Crippen LogP contribution is -2.35. The standard InChI is InChI=1S/C12H10IN3O3/c1-19-10-3-2-7(5-9(10)13)4-8(6-14)11(17)16-12(15)18/h2-5H,1H3,(H3,15,16,17,18)/b8-4-. The Kier molecular flexibility index (Phi) is 5.32. The summed E-state index contributed by atoms with van der Waals surface area (Å²) in [5.74, 6) is -0.140. The van der Waals surface area contributed by atoms with E-state index in [0.29, 0.717) is 11.3 Å². The molecule has 1 rings (SSSR count). The number of nitrogens with two attached hydrogens (primary N) is 1. The fraction of sp³-hybridized carbons (Fsp3) is 0.0833. The molecule has 0 fully saturated rings. The molecule has 1 aromatic rings. The van der Waals surface area contributed by atoms with E-state index in [4.69, 9.17) is 15.7 Å². The minimum atomic E-state index is -1.00. The van der Waals surface area contributed by atoms with Crippen molar-refractivity contribution in [2.24, 2.45) is 5.73 Å². The highest BCUT2D eigenvalue weighted by atomic mass is 127. The first kappa shape index (κ1) is 15.0. The number of urea groups is 1. The Balaban J connectivity index is 3.05. The highest BCUT2D eigenvalue weighted by Crippen LogP contribution is 2.22. The van der Waals surface area contributed by atoms with Crippen molar-refractivity contribution in [3.05, 3.63) is 32.9 Å². The number of rotatable bonds is 3. The van der Waals surface area contributed by atoms with Crippen LogP contribution in [-0.2, 0) is 4.79 Å². The van der Waals surface area contributed by atoms with Crippen molar-refractivity contribution in [2.45, 2.75) is 0 Å². The van der Waals surface area contributed by atoms with Gasteiger partial charge in [0, 0.05) is 0 Å². The van der Waals surface area contributed by atoms with Gasteiger partial charge in [-0.15, -0.1) is 0 Å². The zero-order chi connectivity index (χ0) is 14.4. The summed E-state index contributed by atoms with van der Waals surface area (Å²) in [4.78, 5) is 22.0. The molecular weight excluding hydrogens is 361 g/mol. The number of nitrogens with one attached hydrogen (secondary N) is 1. The van der Waals surface area contributed by atoms with E-state index in [9.17, 15) is 9.59 Å². The van der Waals surface area contributed by atoms with Crippen molar-refractivity contribution in [3.8, 4) is 11.8 Å².